The number of ether oxygens (including phenoxy) is 1. The zero-order valence-corrected chi connectivity index (χ0v) is 13.9. The molecule has 2 rings (SSSR count). The summed E-state index contributed by atoms with van der Waals surface area (Å²) in [4.78, 5) is 11.0. The fourth-order valence-corrected chi connectivity index (χ4v) is 2.18. The molecule has 5 nitrogen and oxygen atoms in total. The summed E-state index contributed by atoms with van der Waals surface area (Å²) >= 11 is 0. The second kappa shape index (κ2) is 6.94. The lowest BCUT2D eigenvalue weighted by Gasteiger charge is -2.24. The van der Waals surface area contributed by atoms with Gasteiger partial charge in [-0.15, -0.1) is 0 Å². The van der Waals surface area contributed by atoms with E-state index in [0.29, 0.717) is 18.0 Å². The Hall–Kier alpha value is -2.51. The van der Waals surface area contributed by atoms with Crippen LogP contribution < -0.4 is 14.5 Å². The molecule has 2 aromatic rings. The van der Waals surface area contributed by atoms with Gasteiger partial charge in [-0.25, -0.2) is 4.98 Å². The molecule has 1 heterocycles. The van der Waals surface area contributed by atoms with Gasteiger partial charge in [-0.1, -0.05) is 12.1 Å². The summed E-state index contributed by atoms with van der Waals surface area (Å²) in [6.07, 6.45) is -3.70. The predicted molar refractivity (Wildman–Crippen MR) is 87.0 cm³/mol. The Labute approximate surface area is 138 Å². The van der Waals surface area contributed by atoms with E-state index in [4.69, 9.17) is 4.74 Å². The number of hydrogen-bond donors (Lipinski definition) is 0. The molecule has 0 aliphatic carbocycles. The summed E-state index contributed by atoms with van der Waals surface area (Å²) in [6.45, 7) is 2.14. The summed E-state index contributed by atoms with van der Waals surface area (Å²) in [6, 6.07) is 7.15. The van der Waals surface area contributed by atoms with Crippen LogP contribution in [-0.2, 0) is 6.18 Å². The number of hydrogen-bond acceptors (Lipinski definition) is 5. The molecular formula is C16H19F3N4O. The topological polar surface area (TPSA) is 41.5 Å². The van der Waals surface area contributed by atoms with Crippen LogP contribution in [0, 0.1) is 0 Å². The molecule has 1 aromatic carbocycles. The van der Waals surface area contributed by atoms with Crippen LogP contribution in [0.15, 0.2) is 30.5 Å². The maximum atomic E-state index is 13.2. The van der Waals surface area contributed by atoms with Crippen molar-refractivity contribution in [2.24, 2.45) is 0 Å². The molecule has 0 saturated carbocycles. The SMILES string of the molecule is CCN(C)c1nc(N(C)c2ccccc2OC)ncc1C(F)(F)F. The fraction of sp³-hybridized carbons (Fsp3) is 0.375. The highest BCUT2D eigenvalue weighted by molar-refractivity contribution is 5.66. The number of nitrogens with zero attached hydrogens (tertiary/aromatic N) is 4. The van der Waals surface area contributed by atoms with Crippen LogP contribution in [0.4, 0.5) is 30.6 Å². The van der Waals surface area contributed by atoms with Crippen LogP contribution in [0.3, 0.4) is 0 Å². The number of methoxy groups -OCH3 is 1. The van der Waals surface area contributed by atoms with E-state index in [1.807, 2.05) is 0 Å². The quantitative estimate of drug-likeness (QED) is 0.830. The number of aromatic nitrogens is 2. The molecule has 0 unspecified atom stereocenters. The largest absolute Gasteiger partial charge is 0.495 e. The van der Waals surface area contributed by atoms with E-state index in [9.17, 15) is 13.2 Å². The second-order valence-electron chi connectivity index (χ2n) is 5.15. The van der Waals surface area contributed by atoms with Crippen LogP contribution in [0.1, 0.15) is 12.5 Å². The Kier molecular flexibility index (Phi) is 5.16. The summed E-state index contributed by atoms with van der Waals surface area (Å²) in [5, 5.41) is 0. The minimum atomic E-state index is -4.51. The van der Waals surface area contributed by atoms with E-state index < -0.39 is 11.7 Å². The zero-order valence-electron chi connectivity index (χ0n) is 13.9. The molecule has 0 bridgehead atoms. The minimum absolute atomic E-state index is 0.155. The average molecular weight is 340 g/mol. The summed E-state index contributed by atoms with van der Waals surface area (Å²) in [5.74, 6) is 0.577. The van der Waals surface area contributed by atoms with Gasteiger partial charge in [0.1, 0.15) is 17.1 Å². The van der Waals surface area contributed by atoms with Crippen molar-refractivity contribution in [3.8, 4) is 5.75 Å². The van der Waals surface area contributed by atoms with Gasteiger partial charge < -0.3 is 14.5 Å². The Balaban J connectivity index is 2.51. The van der Waals surface area contributed by atoms with E-state index in [1.165, 1.54) is 12.0 Å². The van der Waals surface area contributed by atoms with Crippen molar-refractivity contribution in [2.45, 2.75) is 13.1 Å². The summed E-state index contributed by atoms with van der Waals surface area (Å²) < 4.78 is 44.8. The van der Waals surface area contributed by atoms with Crippen molar-refractivity contribution in [1.29, 1.82) is 0 Å². The number of alkyl halides is 3. The third-order valence-corrected chi connectivity index (χ3v) is 3.64. The highest BCUT2D eigenvalue weighted by Crippen LogP contribution is 2.37. The van der Waals surface area contributed by atoms with Gasteiger partial charge in [-0.05, 0) is 19.1 Å². The Bertz CT molecular complexity index is 706. The molecule has 0 saturated heterocycles. The number of halogens is 3. The molecule has 0 aliphatic heterocycles. The number of benzene rings is 1. The molecule has 0 fully saturated rings. The normalized spacial score (nSPS) is 11.3. The Morgan fingerprint density at radius 2 is 1.83 bits per heavy atom. The van der Waals surface area contributed by atoms with E-state index in [0.717, 1.165) is 6.20 Å². The maximum Gasteiger partial charge on any atom is 0.421 e. The molecular weight excluding hydrogens is 321 g/mol. The summed E-state index contributed by atoms with van der Waals surface area (Å²) in [5.41, 5.74) is -0.200. The first-order chi connectivity index (χ1) is 11.3. The highest BCUT2D eigenvalue weighted by Gasteiger charge is 2.36. The molecule has 130 valence electrons. The van der Waals surface area contributed by atoms with Crippen molar-refractivity contribution in [2.75, 3.05) is 37.5 Å². The Morgan fingerprint density at radius 1 is 1.17 bits per heavy atom. The standard InChI is InChI=1S/C16H19F3N4O/c1-5-22(2)14-11(16(17,18)19)10-20-15(21-14)23(3)12-8-6-7-9-13(12)24-4/h6-10H,5H2,1-4H3. The lowest BCUT2D eigenvalue weighted by molar-refractivity contribution is -0.137. The van der Waals surface area contributed by atoms with Gasteiger partial charge in [-0.2, -0.15) is 18.2 Å². The molecule has 0 atom stereocenters. The molecule has 8 heteroatoms. The lowest BCUT2D eigenvalue weighted by atomic mass is 10.2. The zero-order chi connectivity index (χ0) is 17.9. The predicted octanol–water partition coefficient (Wildman–Crippen LogP) is 3.73. The monoisotopic (exact) mass is 340 g/mol. The molecule has 0 N–H and O–H groups in total. The van der Waals surface area contributed by atoms with Crippen molar-refractivity contribution in [1.82, 2.24) is 9.97 Å². The molecule has 0 amide bonds. The van der Waals surface area contributed by atoms with Gasteiger partial charge in [0.05, 0.1) is 12.8 Å². The highest BCUT2D eigenvalue weighted by atomic mass is 19.4. The van der Waals surface area contributed by atoms with Crippen LogP contribution in [0.5, 0.6) is 5.75 Å². The van der Waals surface area contributed by atoms with Crippen LogP contribution >= 0.6 is 0 Å². The van der Waals surface area contributed by atoms with Gasteiger partial charge in [0.15, 0.2) is 0 Å². The first-order valence-corrected chi connectivity index (χ1v) is 7.31. The lowest BCUT2D eigenvalue weighted by Crippen LogP contribution is -2.24. The van der Waals surface area contributed by atoms with Crippen LogP contribution in [0.25, 0.3) is 0 Å². The average Bonchev–Trinajstić information content (AvgIpc) is 2.59. The molecule has 1 aromatic heterocycles. The van der Waals surface area contributed by atoms with Gasteiger partial charge in [0.2, 0.25) is 5.95 Å². The van der Waals surface area contributed by atoms with E-state index in [-0.39, 0.29) is 11.8 Å². The summed E-state index contributed by atoms with van der Waals surface area (Å²) in [7, 11) is 4.76. The smallest absolute Gasteiger partial charge is 0.421 e. The van der Waals surface area contributed by atoms with Gasteiger partial charge in [0, 0.05) is 26.8 Å². The molecule has 24 heavy (non-hydrogen) atoms. The first-order valence-electron chi connectivity index (χ1n) is 7.31. The van der Waals surface area contributed by atoms with Gasteiger partial charge in [-0.3, -0.25) is 0 Å². The molecule has 0 spiro atoms. The molecule has 0 radical (unpaired) electrons. The Morgan fingerprint density at radius 3 is 2.42 bits per heavy atom. The third kappa shape index (κ3) is 3.52. The van der Waals surface area contributed by atoms with Crippen molar-refractivity contribution in [3.63, 3.8) is 0 Å². The second-order valence-corrected chi connectivity index (χ2v) is 5.15. The minimum Gasteiger partial charge on any atom is -0.495 e. The third-order valence-electron chi connectivity index (χ3n) is 3.64. The van der Waals surface area contributed by atoms with E-state index >= 15 is 0 Å². The van der Waals surface area contributed by atoms with Crippen molar-refractivity contribution >= 4 is 17.5 Å². The van der Waals surface area contributed by atoms with Crippen LogP contribution in [0.2, 0.25) is 0 Å². The van der Waals surface area contributed by atoms with E-state index in [2.05, 4.69) is 9.97 Å². The van der Waals surface area contributed by atoms with Crippen molar-refractivity contribution in [3.05, 3.63) is 36.0 Å². The first kappa shape index (κ1) is 17.8. The fourth-order valence-electron chi connectivity index (χ4n) is 2.18. The number of anilines is 3. The van der Waals surface area contributed by atoms with E-state index in [1.54, 1.807) is 50.2 Å². The number of rotatable bonds is 5. The van der Waals surface area contributed by atoms with Gasteiger partial charge in [0.25, 0.3) is 0 Å². The van der Waals surface area contributed by atoms with Crippen LogP contribution in [-0.4, -0.2) is 37.7 Å². The van der Waals surface area contributed by atoms with Gasteiger partial charge >= 0.3 is 6.18 Å². The molecule has 0 aliphatic rings. The maximum absolute atomic E-state index is 13.2. The number of para-hydroxylation sites is 2. The van der Waals surface area contributed by atoms with Crippen molar-refractivity contribution < 1.29 is 17.9 Å².